The number of nitrogens with zero attached hydrogens (tertiary/aromatic N) is 3. The third-order valence-corrected chi connectivity index (χ3v) is 5.02. The Morgan fingerprint density at radius 2 is 1.58 bits per heavy atom. The van der Waals surface area contributed by atoms with Crippen LogP contribution in [0.15, 0.2) is 30.3 Å². The van der Waals surface area contributed by atoms with Gasteiger partial charge >= 0.3 is 0 Å². The third-order valence-electron chi connectivity index (χ3n) is 5.02. The van der Waals surface area contributed by atoms with Crippen LogP contribution >= 0.6 is 0 Å². The topological polar surface area (TPSA) is 79.1 Å². The van der Waals surface area contributed by atoms with Crippen molar-refractivity contribution in [3.8, 4) is 0 Å². The first-order chi connectivity index (χ1) is 12.6. The molecule has 2 aliphatic rings. The van der Waals surface area contributed by atoms with Gasteiger partial charge in [0.25, 0.3) is 0 Å². The van der Waals surface area contributed by atoms with E-state index in [1.807, 2.05) is 35.2 Å². The first kappa shape index (κ1) is 18.8. The Bertz CT molecular complexity index is 596. The molecule has 142 valence electrons. The summed E-state index contributed by atoms with van der Waals surface area (Å²) >= 11 is 0. The molecular weight excluding hydrogens is 332 g/mol. The van der Waals surface area contributed by atoms with Crippen molar-refractivity contribution in [2.75, 3.05) is 59.0 Å². The molecule has 0 saturated carbocycles. The molecule has 0 radical (unpaired) electrons. The quantitative estimate of drug-likeness (QED) is 0.770. The van der Waals surface area contributed by atoms with Gasteiger partial charge in [0.2, 0.25) is 11.8 Å². The Morgan fingerprint density at radius 3 is 2.23 bits per heavy atom. The Kier molecular flexibility index (Phi) is 6.60. The number of hydrogen-bond acceptors (Lipinski definition) is 5. The van der Waals surface area contributed by atoms with Crippen LogP contribution in [0.4, 0.5) is 0 Å². The van der Waals surface area contributed by atoms with Crippen molar-refractivity contribution >= 4 is 11.8 Å². The molecule has 0 aliphatic carbocycles. The van der Waals surface area contributed by atoms with E-state index in [-0.39, 0.29) is 11.8 Å². The van der Waals surface area contributed by atoms with Crippen molar-refractivity contribution in [3.05, 3.63) is 35.9 Å². The number of rotatable bonds is 5. The third kappa shape index (κ3) is 5.03. The standard InChI is InChI=1S/C19H28N4O3/c20-17(14-16-4-2-1-3-5-16)19(25)23-8-6-22(7-9-23)18(24)15-21-10-12-26-13-11-21/h1-5,17H,6-15,20H2. The fourth-order valence-corrected chi connectivity index (χ4v) is 3.42. The van der Waals surface area contributed by atoms with Crippen molar-refractivity contribution in [2.24, 2.45) is 5.73 Å². The number of hydrogen-bond donors (Lipinski definition) is 1. The molecule has 7 nitrogen and oxygen atoms in total. The lowest BCUT2D eigenvalue weighted by Gasteiger charge is -2.37. The van der Waals surface area contributed by atoms with E-state index in [2.05, 4.69) is 4.90 Å². The molecule has 2 heterocycles. The molecule has 26 heavy (non-hydrogen) atoms. The summed E-state index contributed by atoms with van der Waals surface area (Å²) in [6.45, 7) is 5.68. The van der Waals surface area contributed by atoms with Crippen LogP contribution in [0.25, 0.3) is 0 Å². The lowest BCUT2D eigenvalue weighted by Crippen LogP contribution is -2.56. The number of carbonyl (C=O) groups excluding carboxylic acids is 2. The van der Waals surface area contributed by atoms with Crippen molar-refractivity contribution < 1.29 is 14.3 Å². The van der Waals surface area contributed by atoms with E-state index in [0.29, 0.717) is 52.4 Å². The zero-order chi connectivity index (χ0) is 18.4. The number of ether oxygens (including phenoxy) is 1. The summed E-state index contributed by atoms with van der Waals surface area (Å²) in [5.74, 6) is 0.0988. The van der Waals surface area contributed by atoms with E-state index >= 15 is 0 Å². The van der Waals surface area contributed by atoms with E-state index in [0.717, 1.165) is 18.7 Å². The average Bonchev–Trinajstić information content (AvgIpc) is 2.69. The highest BCUT2D eigenvalue weighted by atomic mass is 16.5. The summed E-state index contributed by atoms with van der Waals surface area (Å²) in [7, 11) is 0. The monoisotopic (exact) mass is 360 g/mol. The van der Waals surface area contributed by atoms with Crippen LogP contribution in [-0.4, -0.2) is 91.6 Å². The Labute approximate surface area is 154 Å². The number of nitrogens with two attached hydrogens (primary N) is 1. The summed E-state index contributed by atoms with van der Waals surface area (Å²) in [6.07, 6.45) is 0.538. The molecule has 2 fully saturated rings. The minimum atomic E-state index is -0.534. The van der Waals surface area contributed by atoms with E-state index < -0.39 is 6.04 Å². The van der Waals surface area contributed by atoms with Crippen LogP contribution in [-0.2, 0) is 20.7 Å². The minimum absolute atomic E-state index is 0.0332. The van der Waals surface area contributed by atoms with Gasteiger partial charge in [-0.05, 0) is 12.0 Å². The van der Waals surface area contributed by atoms with Gasteiger partial charge in [-0.25, -0.2) is 0 Å². The molecule has 1 unspecified atom stereocenters. The van der Waals surface area contributed by atoms with Crippen molar-refractivity contribution in [1.29, 1.82) is 0 Å². The largest absolute Gasteiger partial charge is 0.379 e. The molecule has 2 amide bonds. The number of carbonyl (C=O) groups is 2. The second-order valence-corrected chi connectivity index (χ2v) is 6.89. The van der Waals surface area contributed by atoms with Crippen molar-refractivity contribution in [3.63, 3.8) is 0 Å². The van der Waals surface area contributed by atoms with Crippen LogP contribution in [0, 0.1) is 0 Å². The van der Waals surface area contributed by atoms with Gasteiger partial charge in [0.1, 0.15) is 0 Å². The Balaban J connectivity index is 1.43. The van der Waals surface area contributed by atoms with Crippen LogP contribution in [0.5, 0.6) is 0 Å². The highest BCUT2D eigenvalue weighted by Crippen LogP contribution is 2.09. The van der Waals surface area contributed by atoms with Gasteiger partial charge in [-0.2, -0.15) is 0 Å². The first-order valence-electron chi connectivity index (χ1n) is 9.29. The summed E-state index contributed by atoms with van der Waals surface area (Å²) in [6, 6.07) is 9.28. The highest BCUT2D eigenvalue weighted by Gasteiger charge is 2.28. The van der Waals surface area contributed by atoms with E-state index in [9.17, 15) is 9.59 Å². The van der Waals surface area contributed by atoms with E-state index in [1.165, 1.54) is 0 Å². The van der Waals surface area contributed by atoms with Crippen LogP contribution in [0.2, 0.25) is 0 Å². The van der Waals surface area contributed by atoms with Gasteiger partial charge in [-0.15, -0.1) is 0 Å². The van der Waals surface area contributed by atoms with Gasteiger partial charge in [0.05, 0.1) is 25.8 Å². The number of morpholine rings is 1. The Hall–Kier alpha value is -1.96. The molecule has 2 saturated heterocycles. The summed E-state index contributed by atoms with van der Waals surface area (Å²) in [5, 5.41) is 0. The van der Waals surface area contributed by atoms with Crippen molar-refractivity contribution in [2.45, 2.75) is 12.5 Å². The molecular formula is C19H28N4O3. The minimum Gasteiger partial charge on any atom is -0.379 e. The molecule has 1 aromatic carbocycles. The fraction of sp³-hybridized carbons (Fsp3) is 0.579. The molecule has 2 N–H and O–H groups in total. The molecule has 0 spiro atoms. The normalized spacial score (nSPS) is 20.0. The van der Waals surface area contributed by atoms with Gasteiger partial charge < -0.3 is 20.3 Å². The lowest BCUT2D eigenvalue weighted by molar-refractivity contribution is -0.141. The van der Waals surface area contributed by atoms with Crippen molar-refractivity contribution in [1.82, 2.24) is 14.7 Å². The van der Waals surface area contributed by atoms with E-state index in [1.54, 1.807) is 4.90 Å². The maximum absolute atomic E-state index is 12.6. The maximum atomic E-state index is 12.6. The predicted octanol–water partition coefficient (Wildman–Crippen LogP) is -0.441. The maximum Gasteiger partial charge on any atom is 0.239 e. The fourth-order valence-electron chi connectivity index (χ4n) is 3.42. The molecule has 3 rings (SSSR count). The molecule has 7 heteroatoms. The SMILES string of the molecule is NC(Cc1ccccc1)C(=O)N1CCN(C(=O)CN2CCOCC2)CC1. The van der Waals surface area contributed by atoms with Crippen LogP contribution in [0.1, 0.15) is 5.56 Å². The second-order valence-electron chi connectivity index (χ2n) is 6.89. The summed E-state index contributed by atoms with van der Waals surface area (Å²) in [4.78, 5) is 30.8. The smallest absolute Gasteiger partial charge is 0.239 e. The van der Waals surface area contributed by atoms with Gasteiger partial charge in [0, 0.05) is 39.3 Å². The Morgan fingerprint density at radius 1 is 0.962 bits per heavy atom. The zero-order valence-electron chi connectivity index (χ0n) is 15.2. The molecule has 0 bridgehead atoms. The molecule has 0 aromatic heterocycles. The second kappa shape index (κ2) is 9.12. The van der Waals surface area contributed by atoms with E-state index in [4.69, 9.17) is 10.5 Å². The van der Waals surface area contributed by atoms with Crippen LogP contribution in [0.3, 0.4) is 0 Å². The summed E-state index contributed by atoms with van der Waals surface area (Å²) < 4.78 is 5.31. The average molecular weight is 360 g/mol. The van der Waals surface area contributed by atoms with Gasteiger partial charge in [0.15, 0.2) is 0 Å². The number of benzene rings is 1. The summed E-state index contributed by atoms with van der Waals surface area (Å²) in [5.41, 5.74) is 7.17. The van der Waals surface area contributed by atoms with Gasteiger partial charge in [-0.3, -0.25) is 14.5 Å². The number of amides is 2. The van der Waals surface area contributed by atoms with Crippen LogP contribution < -0.4 is 5.73 Å². The highest BCUT2D eigenvalue weighted by molar-refractivity contribution is 5.83. The predicted molar refractivity (Wildman–Crippen MR) is 98.5 cm³/mol. The number of piperazine rings is 1. The molecule has 1 aromatic rings. The van der Waals surface area contributed by atoms with Gasteiger partial charge in [-0.1, -0.05) is 30.3 Å². The molecule has 1 atom stereocenters. The molecule has 2 aliphatic heterocycles. The first-order valence-corrected chi connectivity index (χ1v) is 9.29. The zero-order valence-corrected chi connectivity index (χ0v) is 15.2. The lowest BCUT2D eigenvalue weighted by atomic mass is 10.1.